The van der Waals surface area contributed by atoms with Gasteiger partial charge < -0.3 is 14.4 Å². The number of ether oxygens (including phenoxy) is 2. The SMILES string of the molecule is CC(C)N(C(=O)c1ccc(OCCCCCOc2ccc(C#N)cc2)cc1)C(C)C. The van der Waals surface area contributed by atoms with Gasteiger partial charge in [-0.2, -0.15) is 5.26 Å². The van der Waals surface area contributed by atoms with E-state index in [4.69, 9.17) is 14.7 Å². The predicted molar refractivity (Wildman–Crippen MR) is 119 cm³/mol. The smallest absolute Gasteiger partial charge is 0.254 e. The molecule has 0 aliphatic carbocycles. The summed E-state index contributed by atoms with van der Waals surface area (Å²) in [5, 5.41) is 8.79. The van der Waals surface area contributed by atoms with Gasteiger partial charge in [-0.3, -0.25) is 4.79 Å². The van der Waals surface area contributed by atoms with Crippen LogP contribution in [0.25, 0.3) is 0 Å². The number of unbranched alkanes of at least 4 members (excludes halogenated alkanes) is 2. The highest BCUT2D eigenvalue weighted by atomic mass is 16.5. The summed E-state index contributed by atoms with van der Waals surface area (Å²) < 4.78 is 11.5. The molecule has 0 N–H and O–H groups in total. The first kappa shape index (κ1) is 23.3. The molecule has 0 radical (unpaired) electrons. The van der Waals surface area contributed by atoms with Crippen LogP contribution >= 0.6 is 0 Å². The van der Waals surface area contributed by atoms with Crippen molar-refractivity contribution in [3.8, 4) is 17.6 Å². The topological polar surface area (TPSA) is 62.6 Å². The van der Waals surface area contributed by atoms with Crippen molar-refractivity contribution in [1.29, 1.82) is 5.26 Å². The van der Waals surface area contributed by atoms with E-state index in [0.717, 1.165) is 30.8 Å². The second-order valence-electron chi connectivity index (χ2n) is 7.82. The number of carbonyl (C=O) groups is 1. The number of hydrogen-bond donors (Lipinski definition) is 0. The second-order valence-corrected chi connectivity index (χ2v) is 7.82. The molecule has 5 nitrogen and oxygen atoms in total. The molecule has 160 valence electrons. The maximum absolute atomic E-state index is 12.7. The molecule has 0 unspecified atom stereocenters. The van der Waals surface area contributed by atoms with Gasteiger partial charge in [0.1, 0.15) is 11.5 Å². The molecule has 2 aromatic rings. The van der Waals surface area contributed by atoms with Gasteiger partial charge in [0.05, 0.1) is 24.8 Å². The fourth-order valence-corrected chi connectivity index (χ4v) is 3.29. The zero-order chi connectivity index (χ0) is 21.9. The van der Waals surface area contributed by atoms with Gasteiger partial charge in [0.2, 0.25) is 0 Å². The summed E-state index contributed by atoms with van der Waals surface area (Å²) in [7, 11) is 0. The lowest BCUT2D eigenvalue weighted by atomic mass is 10.1. The minimum atomic E-state index is 0.0498. The Balaban J connectivity index is 1.66. The highest BCUT2D eigenvalue weighted by Gasteiger charge is 2.21. The number of nitrogens with zero attached hydrogens (tertiary/aromatic N) is 2. The van der Waals surface area contributed by atoms with E-state index in [-0.39, 0.29) is 18.0 Å². The molecule has 0 atom stereocenters. The summed E-state index contributed by atoms with van der Waals surface area (Å²) in [6.07, 6.45) is 2.88. The van der Waals surface area contributed by atoms with Crippen molar-refractivity contribution in [2.24, 2.45) is 0 Å². The van der Waals surface area contributed by atoms with Gasteiger partial charge in [-0.15, -0.1) is 0 Å². The third kappa shape index (κ3) is 7.11. The van der Waals surface area contributed by atoms with Crippen LogP contribution in [0.1, 0.15) is 62.9 Å². The Morgan fingerprint density at radius 1 is 0.833 bits per heavy atom. The number of nitriles is 1. The van der Waals surface area contributed by atoms with Crippen molar-refractivity contribution >= 4 is 5.91 Å². The maximum Gasteiger partial charge on any atom is 0.254 e. The van der Waals surface area contributed by atoms with Crippen LogP contribution in [-0.4, -0.2) is 36.1 Å². The Morgan fingerprint density at radius 2 is 1.30 bits per heavy atom. The number of rotatable bonds is 11. The van der Waals surface area contributed by atoms with Gasteiger partial charge >= 0.3 is 0 Å². The largest absolute Gasteiger partial charge is 0.494 e. The number of carbonyl (C=O) groups excluding carboxylic acids is 1. The molecule has 2 aromatic carbocycles. The molecule has 0 aliphatic heterocycles. The van der Waals surface area contributed by atoms with Crippen molar-refractivity contribution in [2.45, 2.75) is 59.0 Å². The van der Waals surface area contributed by atoms with Crippen LogP contribution in [0.15, 0.2) is 48.5 Å². The average Bonchev–Trinajstić information content (AvgIpc) is 2.73. The van der Waals surface area contributed by atoms with Gasteiger partial charge in [0, 0.05) is 17.6 Å². The first-order valence-corrected chi connectivity index (χ1v) is 10.6. The van der Waals surface area contributed by atoms with Gasteiger partial charge in [-0.1, -0.05) is 0 Å². The van der Waals surface area contributed by atoms with Crippen LogP contribution < -0.4 is 9.47 Å². The molecule has 0 bridgehead atoms. The summed E-state index contributed by atoms with van der Waals surface area (Å²) in [6.45, 7) is 9.41. The van der Waals surface area contributed by atoms with Gasteiger partial charge in [0.15, 0.2) is 0 Å². The van der Waals surface area contributed by atoms with E-state index < -0.39 is 0 Å². The number of amides is 1. The second kappa shape index (κ2) is 11.9. The molecular weight excluding hydrogens is 376 g/mol. The quantitative estimate of drug-likeness (QED) is 0.464. The fraction of sp³-hybridized carbons (Fsp3) is 0.440. The lowest BCUT2D eigenvalue weighted by molar-refractivity contribution is 0.0643. The van der Waals surface area contributed by atoms with Crippen molar-refractivity contribution in [1.82, 2.24) is 4.90 Å². The summed E-state index contributed by atoms with van der Waals surface area (Å²) in [5.41, 5.74) is 1.32. The molecule has 5 heteroatoms. The summed E-state index contributed by atoms with van der Waals surface area (Å²) in [5.74, 6) is 1.61. The molecule has 30 heavy (non-hydrogen) atoms. The molecule has 0 saturated heterocycles. The van der Waals surface area contributed by atoms with E-state index in [1.54, 1.807) is 12.1 Å². The molecule has 0 fully saturated rings. The van der Waals surface area contributed by atoms with Crippen LogP contribution in [0.5, 0.6) is 11.5 Å². The Bertz CT molecular complexity index is 813. The third-order valence-electron chi connectivity index (χ3n) is 4.76. The minimum Gasteiger partial charge on any atom is -0.494 e. The van der Waals surface area contributed by atoms with E-state index in [2.05, 4.69) is 6.07 Å². The van der Waals surface area contributed by atoms with E-state index in [0.29, 0.717) is 24.3 Å². The highest BCUT2D eigenvalue weighted by molar-refractivity contribution is 5.94. The monoisotopic (exact) mass is 408 g/mol. The van der Waals surface area contributed by atoms with Crippen molar-refractivity contribution in [3.05, 3.63) is 59.7 Å². The molecule has 0 spiro atoms. The number of benzene rings is 2. The van der Waals surface area contributed by atoms with E-state index >= 15 is 0 Å². The third-order valence-corrected chi connectivity index (χ3v) is 4.76. The van der Waals surface area contributed by atoms with Gasteiger partial charge in [0.25, 0.3) is 5.91 Å². The Kier molecular flexibility index (Phi) is 9.21. The summed E-state index contributed by atoms with van der Waals surface area (Å²) >= 11 is 0. The Morgan fingerprint density at radius 3 is 1.73 bits per heavy atom. The van der Waals surface area contributed by atoms with Crippen LogP contribution in [0.3, 0.4) is 0 Å². The minimum absolute atomic E-state index is 0.0498. The standard InChI is InChI=1S/C25H32N2O3/c1-19(2)27(20(3)4)25(28)22-10-14-24(15-11-22)30-17-7-5-6-16-29-23-12-8-21(18-26)9-13-23/h8-15,19-20H,5-7,16-17H2,1-4H3. The lowest BCUT2D eigenvalue weighted by Crippen LogP contribution is -2.42. The lowest BCUT2D eigenvalue weighted by Gasteiger charge is -2.30. The molecule has 0 saturated carbocycles. The van der Waals surface area contributed by atoms with Crippen molar-refractivity contribution < 1.29 is 14.3 Å². The predicted octanol–water partition coefficient (Wildman–Crippen LogP) is 5.45. The van der Waals surface area contributed by atoms with E-state index in [9.17, 15) is 4.79 Å². The van der Waals surface area contributed by atoms with Crippen LogP contribution in [0.2, 0.25) is 0 Å². The maximum atomic E-state index is 12.7. The Labute approximate surface area is 180 Å². The van der Waals surface area contributed by atoms with Crippen LogP contribution in [0, 0.1) is 11.3 Å². The van der Waals surface area contributed by atoms with Gasteiger partial charge in [-0.25, -0.2) is 0 Å². The highest BCUT2D eigenvalue weighted by Crippen LogP contribution is 2.17. The summed E-state index contributed by atoms with van der Waals surface area (Å²) in [6, 6.07) is 16.9. The summed E-state index contributed by atoms with van der Waals surface area (Å²) in [4.78, 5) is 14.6. The molecule has 0 aromatic heterocycles. The van der Waals surface area contributed by atoms with Crippen LogP contribution in [0.4, 0.5) is 0 Å². The number of hydrogen-bond acceptors (Lipinski definition) is 4. The normalized spacial score (nSPS) is 10.7. The first-order valence-electron chi connectivity index (χ1n) is 10.6. The fourth-order valence-electron chi connectivity index (χ4n) is 3.29. The average molecular weight is 409 g/mol. The molecule has 1 amide bonds. The van der Waals surface area contributed by atoms with Crippen molar-refractivity contribution in [3.63, 3.8) is 0 Å². The Hall–Kier alpha value is -3.00. The zero-order valence-corrected chi connectivity index (χ0v) is 18.4. The van der Waals surface area contributed by atoms with Crippen molar-refractivity contribution in [2.75, 3.05) is 13.2 Å². The molecular formula is C25H32N2O3. The van der Waals surface area contributed by atoms with Crippen LogP contribution in [-0.2, 0) is 0 Å². The van der Waals surface area contributed by atoms with Gasteiger partial charge in [-0.05, 0) is 95.5 Å². The first-order chi connectivity index (χ1) is 14.4. The van der Waals surface area contributed by atoms with E-state index in [1.165, 1.54) is 0 Å². The zero-order valence-electron chi connectivity index (χ0n) is 18.4. The van der Waals surface area contributed by atoms with E-state index in [1.807, 2.05) is 69.0 Å². The molecule has 0 heterocycles. The molecule has 0 aliphatic rings. The molecule has 2 rings (SSSR count).